The molecule has 17 heavy (non-hydrogen) atoms. The summed E-state index contributed by atoms with van der Waals surface area (Å²) in [5.74, 6) is 0.491. The fraction of sp³-hybridized carbons (Fsp3) is 0.0714. The third-order valence-electron chi connectivity index (χ3n) is 2.47. The third-order valence-corrected chi connectivity index (χ3v) is 2.88. The summed E-state index contributed by atoms with van der Waals surface area (Å²) in [7, 11) is 0. The Balaban J connectivity index is 2.33. The molecule has 0 bridgehead atoms. The van der Waals surface area contributed by atoms with Gasteiger partial charge in [0, 0.05) is 10.6 Å². The van der Waals surface area contributed by atoms with E-state index in [2.05, 4.69) is 4.99 Å². The van der Waals surface area contributed by atoms with Crippen molar-refractivity contribution in [2.75, 3.05) is 0 Å². The molecular weight excluding hydrogens is 232 g/mol. The summed E-state index contributed by atoms with van der Waals surface area (Å²) in [6, 6.07) is 15.3. The van der Waals surface area contributed by atoms with Crippen LogP contribution in [0.4, 0.5) is 5.69 Å². The number of hydrogen-bond acceptors (Lipinski definition) is 1. The zero-order valence-corrected chi connectivity index (χ0v) is 10.3. The normalized spacial score (nSPS) is 11.5. The van der Waals surface area contributed by atoms with Crippen LogP contribution in [0.15, 0.2) is 53.5 Å². The van der Waals surface area contributed by atoms with Crippen molar-refractivity contribution in [2.45, 2.75) is 6.92 Å². The van der Waals surface area contributed by atoms with Crippen LogP contribution in [0.25, 0.3) is 0 Å². The Morgan fingerprint density at radius 3 is 2.47 bits per heavy atom. The largest absolute Gasteiger partial charge is 0.383 e. The van der Waals surface area contributed by atoms with Gasteiger partial charge >= 0.3 is 0 Å². The first-order valence-corrected chi connectivity index (χ1v) is 5.70. The minimum atomic E-state index is 0.491. The van der Waals surface area contributed by atoms with E-state index in [9.17, 15) is 0 Å². The zero-order valence-electron chi connectivity index (χ0n) is 9.52. The number of amidine groups is 1. The number of aryl methyl sites for hydroxylation is 1. The minimum Gasteiger partial charge on any atom is -0.383 e. The van der Waals surface area contributed by atoms with E-state index >= 15 is 0 Å². The molecule has 86 valence electrons. The van der Waals surface area contributed by atoms with Crippen molar-refractivity contribution >= 4 is 23.1 Å². The average molecular weight is 245 g/mol. The fourth-order valence-electron chi connectivity index (χ4n) is 1.46. The molecule has 3 heteroatoms. The number of halogens is 1. The summed E-state index contributed by atoms with van der Waals surface area (Å²) in [5.41, 5.74) is 8.63. The molecule has 0 aromatic heterocycles. The second-order valence-electron chi connectivity index (χ2n) is 3.80. The molecule has 2 nitrogen and oxygen atoms in total. The summed E-state index contributed by atoms with van der Waals surface area (Å²) in [5, 5.41) is 0.701. The number of hydrogen-bond donors (Lipinski definition) is 1. The molecule has 0 amide bonds. The second-order valence-corrected chi connectivity index (χ2v) is 4.20. The molecule has 0 aliphatic carbocycles. The zero-order chi connectivity index (χ0) is 12.3. The van der Waals surface area contributed by atoms with E-state index in [1.165, 1.54) is 0 Å². The molecule has 0 aliphatic heterocycles. The van der Waals surface area contributed by atoms with Gasteiger partial charge in [-0.1, -0.05) is 48.0 Å². The summed E-state index contributed by atoms with van der Waals surface area (Å²) in [6.07, 6.45) is 0. The van der Waals surface area contributed by atoms with Crippen LogP contribution in [0.3, 0.4) is 0 Å². The number of rotatable bonds is 2. The molecule has 0 saturated heterocycles. The molecule has 2 aromatic rings. The Labute approximate surface area is 106 Å². The first-order chi connectivity index (χ1) is 8.16. The molecule has 0 radical (unpaired) electrons. The van der Waals surface area contributed by atoms with Crippen LogP contribution in [0.1, 0.15) is 11.1 Å². The quantitative estimate of drug-likeness (QED) is 0.635. The number of nitrogens with zero attached hydrogens (tertiary/aromatic N) is 1. The minimum absolute atomic E-state index is 0.491. The first-order valence-electron chi connectivity index (χ1n) is 5.32. The van der Waals surface area contributed by atoms with Crippen LogP contribution in [0.2, 0.25) is 5.02 Å². The van der Waals surface area contributed by atoms with Gasteiger partial charge in [-0.2, -0.15) is 0 Å². The standard InChI is InChI=1S/C14H13ClN2/c1-10-7-8-12(9-13(10)15)17-14(16)11-5-3-2-4-6-11/h2-9H,1H3,(H2,16,17). The highest BCUT2D eigenvalue weighted by atomic mass is 35.5. The monoisotopic (exact) mass is 244 g/mol. The van der Waals surface area contributed by atoms with Gasteiger partial charge in [0.05, 0.1) is 5.69 Å². The molecule has 2 aromatic carbocycles. The van der Waals surface area contributed by atoms with E-state index in [4.69, 9.17) is 17.3 Å². The van der Waals surface area contributed by atoms with Crippen LogP contribution in [0, 0.1) is 6.92 Å². The fourth-order valence-corrected chi connectivity index (χ4v) is 1.64. The van der Waals surface area contributed by atoms with Crippen molar-refractivity contribution in [3.05, 3.63) is 64.7 Å². The van der Waals surface area contributed by atoms with E-state index < -0.39 is 0 Å². The van der Waals surface area contributed by atoms with Crippen molar-refractivity contribution in [2.24, 2.45) is 10.7 Å². The van der Waals surface area contributed by atoms with Gasteiger partial charge in [-0.15, -0.1) is 0 Å². The highest BCUT2D eigenvalue weighted by Crippen LogP contribution is 2.22. The van der Waals surface area contributed by atoms with Gasteiger partial charge in [-0.05, 0) is 24.6 Å². The van der Waals surface area contributed by atoms with Crippen molar-refractivity contribution in [1.29, 1.82) is 0 Å². The van der Waals surface area contributed by atoms with Gasteiger partial charge in [-0.3, -0.25) is 0 Å². The Kier molecular flexibility index (Phi) is 3.45. The van der Waals surface area contributed by atoms with Crippen LogP contribution in [-0.4, -0.2) is 5.84 Å². The Bertz CT molecular complexity index is 547. The van der Waals surface area contributed by atoms with Crippen LogP contribution < -0.4 is 5.73 Å². The van der Waals surface area contributed by atoms with Gasteiger partial charge in [-0.25, -0.2) is 4.99 Å². The average Bonchev–Trinajstić information content (AvgIpc) is 2.35. The third kappa shape index (κ3) is 2.86. The lowest BCUT2D eigenvalue weighted by Crippen LogP contribution is -2.12. The molecule has 0 unspecified atom stereocenters. The Morgan fingerprint density at radius 1 is 1.12 bits per heavy atom. The molecule has 2 N–H and O–H groups in total. The van der Waals surface area contributed by atoms with Crippen molar-refractivity contribution in [1.82, 2.24) is 0 Å². The summed E-state index contributed by atoms with van der Waals surface area (Å²) in [6.45, 7) is 1.95. The number of benzene rings is 2. The highest BCUT2D eigenvalue weighted by molar-refractivity contribution is 6.31. The molecule has 0 fully saturated rings. The van der Waals surface area contributed by atoms with Crippen LogP contribution in [-0.2, 0) is 0 Å². The van der Waals surface area contributed by atoms with E-state index in [0.29, 0.717) is 10.9 Å². The van der Waals surface area contributed by atoms with Gasteiger partial charge in [0.25, 0.3) is 0 Å². The van der Waals surface area contributed by atoms with Gasteiger partial charge < -0.3 is 5.73 Å². The summed E-state index contributed by atoms with van der Waals surface area (Å²) < 4.78 is 0. The van der Waals surface area contributed by atoms with Crippen molar-refractivity contribution in [3.63, 3.8) is 0 Å². The van der Waals surface area contributed by atoms with Crippen LogP contribution >= 0.6 is 11.6 Å². The van der Waals surface area contributed by atoms with E-state index in [1.807, 2.05) is 55.5 Å². The second kappa shape index (κ2) is 5.02. The maximum absolute atomic E-state index is 6.03. The highest BCUT2D eigenvalue weighted by Gasteiger charge is 1.99. The van der Waals surface area contributed by atoms with Gasteiger partial charge in [0.15, 0.2) is 0 Å². The van der Waals surface area contributed by atoms with Crippen molar-refractivity contribution in [3.8, 4) is 0 Å². The van der Waals surface area contributed by atoms with E-state index in [0.717, 1.165) is 16.8 Å². The smallest absolute Gasteiger partial charge is 0.131 e. The lowest BCUT2D eigenvalue weighted by atomic mass is 10.2. The maximum Gasteiger partial charge on any atom is 0.131 e. The first kappa shape index (κ1) is 11.7. The van der Waals surface area contributed by atoms with E-state index in [-0.39, 0.29) is 0 Å². The molecule has 0 atom stereocenters. The van der Waals surface area contributed by atoms with Gasteiger partial charge in [0.2, 0.25) is 0 Å². The molecule has 0 spiro atoms. The lowest BCUT2D eigenvalue weighted by Gasteiger charge is -2.02. The maximum atomic E-state index is 6.03. The molecule has 0 aliphatic rings. The Hall–Kier alpha value is -1.80. The SMILES string of the molecule is Cc1ccc(N=C(N)c2ccccc2)cc1Cl. The molecule has 0 heterocycles. The van der Waals surface area contributed by atoms with Gasteiger partial charge in [0.1, 0.15) is 5.84 Å². The molecular formula is C14H13ClN2. The predicted molar refractivity (Wildman–Crippen MR) is 73.0 cm³/mol. The molecule has 2 rings (SSSR count). The summed E-state index contributed by atoms with van der Waals surface area (Å²) >= 11 is 6.03. The number of nitrogens with two attached hydrogens (primary N) is 1. The predicted octanol–water partition coefficient (Wildman–Crippen LogP) is 3.69. The topological polar surface area (TPSA) is 38.4 Å². The molecule has 0 saturated carbocycles. The summed E-state index contributed by atoms with van der Waals surface area (Å²) in [4.78, 5) is 4.34. The van der Waals surface area contributed by atoms with Crippen molar-refractivity contribution < 1.29 is 0 Å². The Morgan fingerprint density at radius 2 is 1.82 bits per heavy atom. The lowest BCUT2D eigenvalue weighted by molar-refractivity contribution is 1.41. The van der Waals surface area contributed by atoms with E-state index in [1.54, 1.807) is 0 Å². The van der Waals surface area contributed by atoms with Crippen LogP contribution in [0.5, 0.6) is 0 Å². The number of aliphatic imine (C=N–C) groups is 1.